The zero-order valence-electron chi connectivity index (χ0n) is 10.2. The number of halogens is 1. The van der Waals surface area contributed by atoms with Gasteiger partial charge in [0.15, 0.2) is 0 Å². The third-order valence-corrected chi connectivity index (χ3v) is 3.00. The first-order valence-electron chi connectivity index (χ1n) is 5.99. The van der Waals surface area contributed by atoms with Gasteiger partial charge in [-0.3, -0.25) is 4.98 Å². The van der Waals surface area contributed by atoms with Crippen molar-refractivity contribution in [2.24, 2.45) is 0 Å². The number of aliphatic carboxylic acids is 1. The van der Waals surface area contributed by atoms with Crippen molar-refractivity contribution in [1.82, 2.24) is 9.88 Å². The number of hydrogen-bond acceptors (Lipinski definition) is 3. The van der Waals surface area contributed by atoms with Gasteiger partial charge < -0.3 is 15.3 Å². The minimum atomic E-state index is -1.02. The van der Waals surface area contributed by atoms with E-state index in [0.29, 0.717) is 13.0 Å². The number of piperidine rings is 1. The van der Waals surface area contributed by atoms with Crippen molar-refractivity contribution in [2.75, 3.05) is 11.9 Å². The molecule has 2 N–H and O–H groups in total. The first-order chi connectivity index (χ1) is 9.08. The van der Waals surface area contributed by atoms with Crippen LogP contribution in [0.3, 0.4) is 0 Å². The van der Waals surface area contributed by atoms with Crippen molar-refractivity contribution in [1.29, 1.82) is 0 Å². The number of pyridine rings is 1. The van der Waals surface area contributed by atoms with Crippen LogP contribution < -0.4 is 5.32 Å². The molecule has 2 amide bonds. The Labute approximate surface area is 109 Å². The van der Waals surface area contributed by atoms with E-state index >= 15 is 0 Å². The molecule has 0 radical (unpaired) electrons. The Balaban J connectivity index is 2.07. The molecule has 1 aromatic heterocycles. The van der Waals surface area contributed by atoms with Gasteiger partial charge in [-0.1, -0.05) is 0 Å². The van der Waals surface area contributed by atoms with E-state index in [-0.39, 0.29) is 5.69 Å². The summed E-state index contributed by atoms with van der Waals surface area (Å²) in [6.45, 7) is 0.381. The van der Waals surface area contributed by atoms with Crippen LogP contribution in [0.4, 0.5) is 14.9 Å². The van der Waals surface area contributed by atoms with Crippen LogP contribution in [0.1, 0.15) is 19.3 Å². The second kappa shape index (κ2) is 5.64. The fourth-order valence-corrected chi connectivity index (χ4v) is 2.11. The molecule has 0 aliphatic carbocycles. The topological polar surface area (TPSA) is 82.5 Å². The van der Waals surface area contributed by atoms with Gasteiger partial charge in [-0.05, 0) is 19.3 Å². The van der Waals surface area contributed by atoms with Crippen molar-refractivity contribution >= 4 is 17.7 Å². The predicted molar refractivity (Wildman–Crippen MR) is 65.2 cm³/mol. The van der Waals surface area contributed by atoms with Gasteiger partial charge in [-0.2, -0.15) is 0 Å². The van der Waals surface area contributed by atoms with E-state index in [1.165, 1.54) is 11.1 Å². The number of hydrogen-bond donors (Lipinski definition) is 2. The van der Waals surface area contributed by atoms with E-state index in [0.717, 1.165) is 25.1 Å². The number of carbonyl (C=O) groups excluding carboxylic acids is 1. The van der Waals surface area contributed by atoms with Gasteiger partial charge in [0.25, 0.3) is 0 Å². The van der Waals surface area contributed by atoms with Gasteiger partial charge in [0.1, 0.15) is 11.9 Å². The van der Waals surface area contributed by atoms with Gasteiger partial charge in [0.2, 0.25) is 0 Å². The van der Waals surface area contributed by atoms with E-state index in [1.807, 2.05) is 0 Å². The quantitative estimate of drug-likeness (QED) is 0.854. The van der Waals surface area contributed by atoms with E-state index in [2.05, 4.69) is 10.3 Å². The van der Waals surface area contributed by atoms with E-state index in [9.17, 15) is 14.0 Å². The van der Waals surface area contributed by atoms with Crippen molar-refractivity contribution < 1.29 is 19.1 Å². The van der Waals surface area contributed by atoms with Crippen LogP contribution in [-0.4, -0.2) is 39.6 Å². The monoisotopic (exact) mass is 267 g/mol. The molecule has 0 bridgehead atoms. The third kappa shape index (κ3) is 3.18. The third-order valence-electron chi connectivity index (χ3n) is 3.00. The molecule has 1 aliphatic heterocycles. The lowest BCUT2D eigenvalue weighted by Crippen LogP contribution is -2.49. The van der Waals surface area contributed by atoms with Crippen molar-refractivity contribution in [2.45, 2.75) is 25.3 Å². The fourth-order valence-electron chi connectivity index (χ4n) is 2.11. The van der Waals surface area contributed by atoms with Crippen LogP contribution in [0, 0.1) is 5.82 Å². The summed E-state index contributed by atoms with van der Waals surface area (Å²) in [4.78, 5) is 27.9. The highest BCUT2D eigenvalue weighted by Crippen LogP contribution is 2.18. The molecular formula is C12H14FN3O3. The first kappa shape index (κ1) is 13.3. The molecule has 1 aliphatic rings. The molecule has 2 heterocycles. The molecule has 1 fully saturated rings. The second-order valence-electron chi connectivity index (χ2n) is 4.37. The summed E-state index contributed by atoms with van der Waals surface area (Å²) in [6.07, 6.45) is 4.31. The number of rotatable bonds is 2. The van der Waals surface area contributed by atoms with Crippen LogP contribution in [0.15, 0.2) is 18.5 Å². The lowest BCUT2D eigenvalue weighted by molar-refractivity contribution is -0.143. The molecular weight excluding hydrogens is 253 g/mol. The molecule has 0 saturated carbocycles. The molecule has 0 aromatic carbocycles. The lowest BCUT2D eigenvalue weighted by atomic mass is 10.0. The molecule has 19 heavy (non-hydrogen) atoms. The minimum absolute atomic E-state index is 0.208. The maximum absolute atomic E-state index is 12.9. The van der Waals surface area contributed by atoms with Crippen LogP contribution >= 0.6 is 0 Å². The Hall–Kier alpha value is -2.18. The number of anilines is 1. The minimum Gasteiger partial charge on any atom is -0.480 e. The van der Waals surface area contributed by atoms with Gasteiger partial charge in [0, 0.05) is 12.6 Å². The summed E-state index contributed by atoms with van der Waals surface area (Å²) < 4.78 is 12.9. The summed E-state index contributed by atoms with van der Waals surface area (Å²) in [5.74, 6) is -1.58. The molecule has 1 unspecified atom stereocenters. The number of carboxylic acid groups (broad SMARTS) is 1. The molecule has 2 rings (SSSR count). The Kier molecular flexibility index (Phi) is 3.94. The number of likely N-dealkylation sites (tertiary alicyclic amines) is 1. The smallest absolute Gasteiger partial charge is 0.326 e. The van der Waals surface area contributed by atoms with Crippen LogP contribution in [-0.2, 0) is 4.79 Å². The Morgan fingerprint density at radius 2 is 2.21 bits per heavy atom. The van der Waals surface area contributed by atoms with Crippen molar-refractivity contribution in [3.05, 3.63) is 24.3 Å². The molecule has 6 nitrogen and oxygen atoms in total. The second-order valence-corrected chi connectivity index (χ2v) is 4.37. The molecule has 7 heteroatoms. The maximum Gasteiger partial charge on any atom is 0.326 e. The van der Waals surface area contributed by atoms with Crippen LogP contribution in [0.2, 0.25) is 0 Å². The Bertz CT molecular complexity index is 495. The van der Waals surface area contributed by atoms with Gasteiger partial charge in [0.05, 0.1) is 18.1 Å². The fraction of sp³-hybridized carbons (Fsp3) is 0.417. The average Bonchev–Trinajstić information content (AvgIpc) is 2.38. The number of carbonyl (C=O) groups is 2. The summed E-state index contributed by atoms with van der Waals surface area (Å²) in [5.41, 5.74) is 0.208. The number of urea groups is 1. The molecule has 1 atom stereocenters. The standard InChI is InChI=1S/C12H14FN3O3/c13-8-5-9(7-14-6-8)15-12(19)16-4-2-1-3-10(16)11(17)18/h5-7,10H,1-4H2,(H,15,19)(H,17,18). The van der Waals surface area contributed by atoms with Crippen molar-refractivity contribution in [3.63, 3.8) is 0 Å². The predicted octanol–water partition coefficient (Wildman–Crippen LogP) is 1.69. The lowest BCUT2D eigenvalue weighted by Gasteiger charge is -2.32. The maximum atomic E-state index is 12.9. The largest absolute Gasteiger partial charge is 0.480 e. The van der Waals surface area contributed by atoms with Gasteiger partial charge in [-0.15, -0.1) is 0 Å². The number of carboxylic acids is 1. The van der Waals surface area contributed by atoms with E-state index < -0.39 is 23.9 Å². The summed E-state index contributed by atoms with van der Waals surface area (Å²) in [7, 11) is 0. The zero-order valence-corrected chi connectivity index (χ0v) is 10.2. The highest BCUT2D eigenvalue weighted by molar-refractivity contribution is 5.92. The van der Waals surface area contributed by atoms with E-state index in [1.54, 1.807) is 0 Å². The number of amides is 2. The highest BCUT2D eigenvalue weighted by atomic mass is 19.1. The average molecular weight is 267 g/mol. The van der Waals surface area contributed by atoms with Crippen molar-refractivity contribution in [3.8, 4) is 0 Å². The summed E-state index contributed by atoms with van der Waals surface area (Å²) in [5, 5.41) is 11.5. The first-order valence-corrected chi connectivity index (χ1v) is 5.99. The Morgan fingerprint density at radius 3 is 2.89 bits per heavy atom. The Morgan fingerprint density at radius 1 is 1.42 bits per heavy atom. The molecule has 1 aromatic rings. The number of nitrogens with one attached hydrogen (secondary N) is 1. The van der Waals surface area contributed by atoms with Gasteiger partial charge in [-0.25, -0.2) is 14.0 Å². The summed E-state index contributed by atoms with van der Waals surface area (Å²) in [6, 6.07) is -0.236. The molecule has 102 valence electrons. The molecule has 0 spiro atoms. The van der Waals surface area contributed by atoms with Crippen LogP contribution in [0.25, 0.3) is 0 Å². The SMILES string of the molecule is O=C(O)C1CCCCN1C(=O)Nc1cncc(F)c1. The van der Waals surface area contributed by atoms with Crippen LogP contribution in [0.5, 0.6) is 0 Å². The van der Waals surface area contributed by atoms with E-state index in [4.69, 9.17) is 5.11 Å². The number of aromatic nitrogens is 1. The van der Waals surface area contributed by atoms with Gasteiger partial charge >= 0.3 is 12.0 Å². The molecule has 1 saturated heterocycles. The number of nitrogens with zero attached hydrogens (tertiary/aromatic N) is 2. The summed E-state index contributed by atoms with van der Waals surface area (Å²) >= 11 is 0. The normalized spacial score (nSPS) is 19.0. The zero-order chi connectivity index (χ0) is 13.8. The highest BCUT2D eigenvalue weighted by Gasteiger charge is 2.31.